The Balaban J connectivity index is 0.00000288. The Morgan fingerprint density at radius 2 is 1.92 bits per heavy atom. The molecule has 0 aliphatic carbocycles. The van der Waals surface area contributed by atoms with Crippen molar-refractivity contribution in [1.29, 1.82) is 0 Å². The predicted octanol–water partition coefficient (Wildman–Crippen LogP) is 1.53. The van der Waals surface area contributed by atoms with Crippen LogP contribution in [0, 0.1) is 0 Å². The Kier molecular flexibility index (Phi) is 8.70. The van der Waals surface area contributed by atoms with Gasteiger partial charge in [-0.3, -0.25) is 9.59 Å². The molecule has 2 rings (SSSR count). The van der Waals surface area contributed by atoms with Crippen molar-refractivity contribution in [2.45, 2.75) is 31.5 Å². The summed E-state index contributed by atoms with van der Waals surface area (Å²) in [7, 11) is 1.52. The Hall–Kier alpha value is -1.67. The van der Waals surface area contributed by atoms with Crippen LogP contribution in [0.1, 0.15) is 19.3 Å². The Labute approximate surface area is 147 Å². The zero-order chi connectivity index (χ0) is 16.7. The van der Waals surface area contributed by atoms with Crippen molar-refractivity contribution in [3.8, 4) is 0 Å². The Morgan fingerprint density at radius 1 is 1.29 bits per heavy atom. The second-order valence-corrected chi connectivity index (χ2v) is 5.41. The molecule has 0 spiro atoms. The minimum atomic E-state index is -0.364. The summed E-state index contributed by atoms with van der Waals surface area (Å²) in [4.78, 5) is 23.8. The number of hydrogen-bond acceptors (Lipinski definition) is 5. The zero-order valence-electron chi connectivity index (χ0n) is 13.6. The third-order valence-electron chi connectivity index (χ3n) is 3.67. The first-order valence-electron chi connectivity index (χ1n) is 7.67. The highest BCUT2D eigenvalue weighted by atomic mass is 35.5. The molecule has 2 amide bonds. The number of ether oxygens (including phenoxy) is 2. The van der Waals surface area contributed by atoms with Crippen molar-refractivity contribution in [2.75, 3.05) is 30.9 Å². The van der Waals surface area contributed by atoms with Crippen LogP contribution in [0.25, 0.3) is 0 Å². The number of anilines is 2. The molecule has 0 aromatic heterocycles. The molecule has 1 aromatic carbocycles. The Morgan fingerprint density at radius 3 is 2.42 bits per heavy atom. The first kappa shape index (κ1) is 20.4. The van der Waals surface area contributed by atoms with E-state index in [-0.39, 0.29) is 49.4 Å². The molecule has 2 unspecified atom stereocenters. The number of nitrogens with two attached hydrogens (primary N) is 1. The minimum absolute atomic E-state index is 0. The van der Waals surface area contributed by atoms with Crippen LogP contribution >= 0.6 is 12.4 Å². The maximum absolute atomic E-state index is 11.9. The number of carbonyl (C=O) groups is 2. The van der Waals surface area contributed by atoms with E-state index in [1.54, 1.807) is 24.3 Å². The van der Waals surface area contributed by atoms with Gasteiger partial charge in [-0.15, -0.1) is 12.4 Å². The molecular formula is C16H24ClN3O4. The number of nitrogens with one attached hydrogen (secondary N) is 2. The monoisotopic (exact) mass is 357 g/mol. The fourth-order valence-electron chi connectivity index (χ4n) is 2.33. The molecule has 1 heterocycles. The lowest BCUT2D eigenvalue weighted by molar-refractivity contribution is -0.124. The van der Waals surface area contributed by atoms with Gasteiger partial charge in [0, 0.05) is 31.6 Å². The van der Waals surface area contributed by atoms with Gasteiger partial charge in [-0.1, -0.05) is 0 Å². The first-order chi connectivity index (χ1) is 11.1. The van der Waals surface area contributed by atoms with Gasteiger partial charge in [0.2, 0.25) is 5.91 Å². The van der Waals surface area contributed by atoms with E-state index in [2.05, 4.69) is 10.6 Å². The lowest BCUT2D eigenvalue weighted by atomic mass is 10.2. The summed E-state index contributed by atoms with van der Waals surface area (Å²) >= 11 is 0. The van der Waals surface area contributed by atoms with Crippen molar-refractivity contribution in [1.82, 2.24) is 0 Å². The SMILES string of the molecule is COC(CN)CC(=O)Nc1ccc(NC(=O)C2CCCO2)cc1.Cl. The lowest BCUT2D eigenvalue weighted by Gasteiger charge is -2.13. The molecule has 0 bridgehead atoms. The molecule has 7 nitrogen and oxygen atoms in total. The molecular weight excluding hydrogens is 334 g/mol. The van der Waals surface area contributed by atoms with Gasteiger partial charge in [0.25, 0.3) is 5.91 Å². The van der Waals surface area contributed by atoms with Crippen LogP contribution in [0.4, 0.5) is 11.4 Å². The number of rotatable bonds is 7. The highest BCUT2D eigenvalue weighted by molar-refractivity contribution is 5.95. The van der Waals surface area contributed by atoms with Gasteiger partial charge in [0.05, 0.1) is 12.5 Å². The largest absolute Gasteiger partial charge is 0.380 e. The molecule has 1 aromatic rings. The van der Waals surface area contributed by atoms with Gasteiger partial charge in [-0.25, -0.2) is 0 Å². The number of halogens is 1. The lowest BCUT2D eigenvalue weighted by Crippen LogP contribution is -2.28. The summed E-state index contributed by atoms with van der Waals surface area (Å²) < 4.78 is 10.4. The zero-order valence-corrected chi connectivity index (χ0v) is 14.4. The van der Waals surface area contributed by atoms with Crippen LogP contribution in [0.3, 0.4) is 0 Å². The van der Waals surface area contributed by atoms with Crippen LogP contribution in [0.5, 0.6) is 0 Å². The molecule has 24 heavy (non-hydrogen) atoms. The number of methoxy groups -OCH3 is 1. The molecule has 134 valence electrons. The molecule has 1 fully saturated rings. The van der Waals surface area contributed by atoms with Gasteiger partial charge in [0.1, 0.15) is 6.10 Å². The van der Waals surface area contributed by atoms with Crippen molar-refractivity contribution >= 4 is 35.6 Å². The standard InChI is InChI=1S/C16H23N3O4.ClH/c1-22-13(10-17)9-15(20)18-11-4-6-12(7-5-11)19-16(21)14-3-2-8-23-14;/h4-7,13-14H,2-3,8-10,17H2,1H3,(H,18,20)(H,19,21);1H. The maximum Gasteiger partial charge on any atom is 0.253 e. The third kappa shape index (κ3) is 6.09. The molecule has 1 saturated heterocycles. The fourth-order valence-corrected chi connectivity index (χ4v) is 2.33. The van der Waals surface area contributed by atoms with Crippen molar-refractivity contribution in [3.05, 3.63) is 24.3 Å². The van der Waals surface area contributed by atoms with Gasteiger partial charge >= 0.3 is 0 Å². The highest BCUT2D eigenvalue weighted by Crippen LogP contribution is 2.17. The highest BCUT2D eigenvalue weighted by Gasteiger charge is 2.23. The summed E-state index contributed by atoms with van der Waals surface area (Å²) in [5, 5.41) is 5.57. The third-order valence-corrected chi connectivity index (χ3v) is 3.67. The van der Waals surface area contributed by atoms with E-state index in [1.807, 2.05) is 0 Å². The topological polar surface area (TPSA) is 103 Å². The van der Waals surface area contributed by atoms with E-state index in [1.165, 1.54) is 7.11 Å². The van der Waals surface area contributed by atoms with Crippen LogP contribution in [0.2, 0.25) is 0 Å². The molecule has 1 aliphatic heterocycles. The number of carbonyl (C=O) groups excluding carboxylic acids is 2. The average molecular weight is 358 g/mol. The van der Waals surface area contributed by atoms with Crippen molar-refractivity contribution in [2.24, 2.45) is 5.73 Å². The molecule has 0 saturated carbocycles. The van der Waals surface area contributed by atoms with Gasteiger partial charge < -0.3 is 25.8 Å². The summed E-state index contributed by atoms with van der Waals surface area (Å²) in [6.45, 7) is 0.923. The smallest absolute Gasteiger partial charge is 0.253 e. The van der Waals surface area contributed by atoms with E-state index in [9.17, 15) is 9.59 Å². The summed E-state index contributed by atoms with van der Waals surface area (Å²) in [6, 6.07) is 6.93. The van der Waals surface area contributed by atoms with Crippen LogP contribution in [-0.2, 0) is 19.1 Å². The van der Waals surface area contributed by atoms with E-state index in [0.717, 1.165) is 12.8 Å². The van der Waals surface area contributed by atoms with Crippen LogP contribution < -0.4 is 16.4 Å². The first-order valence-corrected chi connectivity index (χ1v) is 7.67. The maximum atomic E-state index is 11.9. The average Bonchev–Trinajstić information content (AvgIpc) is 3.09. The van der Waals surface area contributed by atoms with Crippen LogP contribution in [0.15, 0.2) is 24.3 Å². The minimum Gasteiger partial charge on any atom is -0.380 e. The number of benzene rings is 1. The van der Waals surface area contributed by atoms with Gasteiger partial charge in [0.15, 0.2) is 0 Å². The van der Waals surface area contributed by atoms with Crippen LogP contribution in [-0.4, -0.2) is 44.3 Å². The van der Waals surface area contributed by atoms with E-state index in [4.69, 9.17) is 15.2 Å². The van der Waals surface area contributed by atoms with E-state index >= 15 is 0 Å². The predicted molar refractivity (Wildman–Crippen MR) is 94.4 cm³/mol. The summed E-state index contributed by atoms with van der Waals surface area (Å²) in [5.41, 5.74) is 6.80. The van der Waals surface area contributed by atoms with Gasteiger partial charge in [-0.2, -0.15) is 0 Å². The van der Waals surface area contributed by atoms with Crippen molar-refractivity contribution < 1.29 is 19.1 Å². The summed E-state index contributed by atoms with van der Waals surface area (Å²) in [6.07, 6.45) is 1.21. The molecule has 8 heteroatoms. The van der Waals surface area contributed by atoms with E-state index in [0.29, 0.717) is 18.0 Å². The van der Waals surface area contributed by atoms with E-state index < -0.39 is 0 Å². The number of hydrogen-bond donors (Lipinski definition) is 3. The second-order valence-electron chi connectivity index (χ2n) is 5.41. The molecule has 1 aliphatic rings. The van der Waals surface area contributed by atoms with Gasteiger partial charge in [-0.05, 0) is 37.1 Å². The molecule has 4 N–H and O–H groups in total. The normalized spacial score (nSPS) is 17.7. The second kappa shape index (κ2) is 10.2. The Bertz CT molecular complexity index is 529. The quantitative estimate of drug-likeness (QED) is 0.686. The molecule has 0 radical (unpaired) electrons. The fraction of sp³-hybridized carbons (Fsp3) is 0.500. The number of amides is 2. The summed E-state index contributed by atoms with van der Waals surface area (Å²) in [5.74, 6) is -0.302. The van der Waals surface area contributed by atoms with Crippen molar-refractivity contribution in [3.63, 3.8) is 0 Å². The molecule has 2 atom stereocenters.